The standard InChI is InChI=1S/C42H49ClF2N4O10/c1-26-29(17-19-46-40(26)57-23-18-36(50)55-2)25-47(30-11-12-30)41(51)37-32(24-31-13-16-35(37)48(31)42(52)58-20-3-4-22-59-49(53)54)28-9-7-27(8-10-28)6-5-21-56-39-34(45)15-14-33(44)38(39)43/h7-10,14-15,17,19,30-31,35,53-54H,3-6,11-13,16,18,20-25H2,1-2H3. The third-order valence-corrected chi connectivity index (χ3v) is 11.2. The molecule has 0 spiro atoms. The van der Waals surface area contributed by atoms with Crippen molar-refractivity contribution in [3.63, 3.8) is 0 Å². The van der Waals surface area contributed by atoms with Crippen LogP contribution in [0.5, 0.6) is 11.6 Å². The lowest BCUT2D eigenvalue weighted by Crippen LogP contribution is -2.49. The van der Waals surface area contributed by atoms with Gasteiger partial charge in [-0.25, -0.2) is 18.6 Å². The summed E-state index contributed by atoms with van der Waals surface area (Å²) in [4.78, 5) is 52.9. The van der Waals surface area contributed by atoms with E-state index in [1.54, 1.807) is 11.1 Å². The fourth-order valence-electron chi connectivity index (χ4n) is 7.58. The highest BCUT2D eigenvalue weighted by molar-refractivity contribution is 6.32. The number of hydrogen-bond donors (Lipinski definition) is 2. The van der Waals surface area contributed by atoms with Crippen LogP contribution >= 0.6 is 11.6 Å². The van der Waals surface area contributed by atoms with Crippen molar-refractivity contribution >= 4 is 35.1 Å². The quantitative estimate of drug-likeness (QED) is 0.0504. The molecular formula is C42H49ClF2N4O10. The second-order valence-electron chi connectivity index (χ2n) is 14.7. The molecule has 2 atom stereocenters. The van der Waals surface area contributed by atoms with Crippen LogP contribution < -0.4 is 9.47 Å². The first-order valence-electron chi connectivity index (χ1n) is 19.8. The number of unbranched alkanes of at least 4 members (excludes halogenated alkanes) is 1. The van der Waals surface area contributed by atoms with E-state index >= 15 is 4.79 Å². The van der Waals surface area contributed by atoms with Gasteiger partial charge in [-0.2, -0.15) is 0 Å². The molecule has 2 N–H and O–H groups in total. The maximum Gasteiger partial charge on any atom is 0.410 e. The van der Waals surface area contributed by atoms with Crippen LogP contribution in [0.1, 0.15) is 80.0 Å². The van der Waals surface area contributed by atoms with E-state index in [-0.39, 0.29) is 68.5 Å². The van der Waals surface area contributed by atoms with Crippen LogP contribution in [0, 0.1) is 18.6 Å². The number of carbonyl (C=O) groups excluding carboxylic acids is 3. The summed E-state index contributed by atoms with van der Waals surface area (Å²) in [6.45, 7) is 2.48. The molecule has 1 aliphatic carbocycles. The van der Waals surface area contributed by atoms with E-state index in [0.29, 0.717) is 56.4 Å². The van der Waals surface area contributed by atoms with Crippen LogP contribution in [-0.4, -0.2) is 100 Å². The lowest BCUT2D eigenvalue weighted by atomic mass is 9.87. The van der Waals surface area contributed by atoms with Crippen LogP contribution in [0.3, 0.4) is 0 Å². The number of halogens is 3. The molecule has 2 unspecified atom stereocenters. The Bertz CT molecular complexity index is 2000. The predicted octanol–water partition coefficient (Wildman–Crippen LogP) is 7.39. The molecule has 3 aromatic rings. The summed E-state index contributed by atoms with van der Waals surface area (Å²) < 4.78 is 49.7. The summed E-state index contributed by atoms with van der Waals surface area (Å²) >= 11 is 5.90. The molecule has 2 amide bonds. The molecule has 17 heteroatoms. The lowest BCUT2D eigenvalue weighted by Gasteiger charge is -2.38. The highest BCUT2D eigenvalue weighted by Crippen LogP contribution is 2.45. The minimum Gasteiger partial charge on any atom is -0.489 e. The van der Waals surface area contributed by atoms with Crippen molar-refractivity contribution in [3.8, 4) is 11.6 Å². The van der Waals surface area contributed by atoms with Crippen molar-refractivity contribution in [3.05, 3.63) is 93.1 Å². The van der Waals surface area contributed by atoms with E-state index in [9.17, 15) is 18.4 Å². The summed E-state index contributed by atoms with van der Waals surface area (Å²) in [6.07, 6.45) is 6.50. The van der Waals surface area contributed by atoms with Gasteiger partial charge in [-0.05, 0) is 105 Å². The molecule has 14 nitrogen and oxygen atoms in total. The lowest BCUT2D eigenvalue weighted by molar-refractivity contribution is -0.492. The number of methoxy groups -OCH3 is 1. The van der Waals surface area contributed by atoms with E-state index in [2.05, 4.69) is 9.82 Å². The third kappa shape index (κ3) is 11.0. The molecule has 3 heterocycles. The van der Waals surface area contributed by atoms with Gasteiger partial charge in [-0.3, -0.25) is 29.7 Å². The minimum atomic E-state index is -0.760. The van der Waals surface area contributed by atoms with Crippen LogP contribution in [0.15, 0.2) is 54.2 Å². The van der Waals surface area contributed by atoms with Crippen LogP contribution in [0.25, 0.3) is 5.57 Å². The van der Waals surface area contributed by atoms with Crippen molar-refractivity contribution in [1.82, 2.24) is 20.2 Å². The highest BCUT2D eigenvalue weighted by Gasteiger charge is 2.49. The molecule has 59 heavy (non-hydrogen) atoms. The van der Waals surface area contributed by atoms with E-state index in [1.807, 2.05) is 42.2 Å². The zero-order valence-electron chi connectivity index (χ0n) is 33.0. The van der Waals surface area contributed by atoms with Gasteiger partial charge in [0, 0.05) is 36.0 Å². The summed E-state index contributed by atoms with van der Waals surface area (Å²) in [5.74, 6) is -2.00. The number of rotatable bonds is 20. The summed E-state index contributed by atoms with van der Waals surface area (Å²) in [5.41, 5.74) is 4.87. The number of carbonyl (C=O) groups is 3. The first-order valence-corrected chi connectivity index (χ1v) is 20.1. The summed E-state index contributed by atoms with van der Waals surface area (Å²) in [7, 11) is 1.31. The summed E-state index contributed by atoms with van der Waals surface area (Å²) in [5, 5.41) is 16.7. The van der Waals surface area contributed by atoms with E-state index in [0.717, 1.165) is 52.8 Å². The Morgan fingerprint density at radius 1 is 0.915 bits per heavy atom. The van der Waals surface area contributed by atoms with Gasteiger partial charge in [0.25, 0.3) is 5.91 Å². The van der Waals surface area contributed by atoms with Crippen LogP contribution in [-0.2, 0) is 36.9 Å². The Balaban J connectivity index is 1.22. The normalized spacial score (nSPS) is 17.3. The zero-order valence-corrected chi connectivity index (χ0v) is 33.8. The van der Waals surface area contributed by atoms with Gasteiger partial charge in [-0.15, -0.1) is 0 Å². The molecular weight excluding hydrogens is 794 g/mol. The van der Waals surface area contributed by atoms with Gasteiger partial charge in [0.05, 0.1) is 44.8 Å². The minimum absolute atomic E-state index is 0.00310. The summed E-state index contributed by atoms with van der Waals surface area (Å²) in [6, 6.07) is 11.0. The number of nitrogens with zero attached hydrogens (tertiary/aromatic N) is 4. The molecule has 2 bridgehead atoms. The van der Waals surface area contributed by atoms with Crippen molar-refractivity contribution < 1.29 is 57.4 Å². The molecule has 2 aliphatic heterocycles. The number of amides is 2. The number of ether oxygens (including phenoxy) is 4. The molecule has 318 valence electrons. The van der Waals surface area contributed by atoms with Gasteiger partial charge in [0.2, 0.25) is 5.88 Å². The number of aryl methyl sites for hydroxylation is 1. The molecule has 1 aromatic heterocycles. The molecule has 1 saturated carbocycles. The molecule has 3 aliphatic rings. The van der Waals surface area contributed by atoms with Crippen molar-refractivity contribution in [2.45, 2.75) is 95.8 Å². The van der Waals surface area contributed by atoms with Gasteiger partial charge >= 0.3 is 12.1 Å². The maximum atomic E-state index is 15.1. The Morgan fingerprint density at radius 2 is 1.66 bits per heavy atom. The Morgan fingerprint density at radius 3 is 2.39 bits per heavy atom. The average Bonchev–Trinajstić information content (AvgIpc) is 4.02. The Labute approximate surface area is 346 Å². The van der Waals surface area contributed by atoms with E-state index in [1.165, 1.54) is 7.11 Å². The highest BCUT2D eigenvalue weighted by atomic mass is 35.5. The van der Waals surface area contributed by atoms with Gasteiger partial charge in [-0.1, -0.05) is 35.9 Å². The topological polar surface area (TPSA) is 160 Å². The fourth-order valence-corrected chi connectivity index (χ4v) is 7.79. The number of benzene rings is 2. The van der Waals surface area contributed by atoms with Crippen molar-refractivity contribution in [2.24, 2.45) is 0 Å². The van der Waals surface area contributed by atoms with Crippen LogP contribution in [0.2, 0.25) is 5.02 Å². The number of esters is 1. The van der Waals surface area contributed by atoms with Crippen molar-refractivity contribution in [1.29, 1.82) is 0 Å². The molecule has 1 saturated heterocycles. The van der Waals surface area contributed by atoms with Crippen molar-refractivity contribution in [2.75, 3.05) is 33.5 Å². The monoisotopic (exact) mass is 842 g/mol. The number of pyridine rings is 1. The van der Waals surface area contributed by atoms with Gasteiger partial charge in [0.1, 0.15) is 17.4 Å². The molecule has 2 fully saturated rings. The SMILES string of the molecule is COC(=O)CCOc1nccc(CN(C(=O)C2=C(c3ccc(CCCOc4c(F)ccc(F)c4Cl)cc3)CC3CCC2N3C(=O)OCCCCON(O)O)C2CC2)c1C. The second kappa shape index (κ2) is 20.4. The van der Waals surface area contributed by atoms with Crippen LogP contribution in [0.4, 0.5) is 13.6 Å². The smallest absolute Gasteiger partial charge is 0.410 e. The Hall–Kier alpha value is -4.87. The second-order valence-corrected chi connectivity index (χ2v) is 15.1. The van der Waals surface area contributed by atoms with Gasteiger partial charge in [0.15, 0.2) is 11.6 Å². The maximum absolute atomic E-state index is 15.1. The molecule has 0 radical (unpaired) electrons. The van der Waals surface area contributed by atoms with E-state index < -0.39 is 34.8 Å². The first kappa shape index (κ1) is 43.7. The first-order chi connectivity index (χ1) is 28.5. The number of fused-ring (bicyclic) bond motifs is 2. The van der Waals surface area contributed by atoms with E-state index in [4.69, 9.17) is 41.0 Å². The Kier molecular flexibility index (Phi) is 15.1. The number of hydrogen-bond acceptors (Lipinski definition) is 12. The molecule has 6 rings (SSSR count). The fraction of sp³-hybridized carbons (Fsp3) is 0.476. The molecule has 2 aromatic carbocycles. The largest absolute Gasteiger partial charge is 0.489 e. The van der Waals surface area contributed by atoms with Gasteiger partial charge < -0.3 is 23.8 Å². The number of aromatic nitrogens is 1. The average molecular weight is 843 g/mol. The third-order valence-electron chi connectivity index (χ3n) is 10.8. The zero-order chi connectivity index (χ0) is 42.1. The predicted molar refractivity (Wildman–Crippen MR) is 208 cm³/mol.